The molecule has 1 saturated carbocycles. The van der Waals surface area contributed by atoms with Crippen molar-refractivity contribution < 1.29 is 0 Å². The highest BCUT2D eigenvalue weighted by Crippen LogP contribution is 2.36. The number of hydrogen-bond acceptors (Lipinski definition) is 0. The molecule has 1 fully saturated rings. The largest absolute Gasteiger partial charge is 0.0616 e. The van der Waals surface area contributed by atoms with Crippen molar-refractivity contribution in [3.05, 3.63) is 60.2 Å². The van der Waals surface area contributed by atoms with Gasteiger partial charge in [-0.1, -0.05) is 67.4 Å². The van der Waals surface area contributed by atoms with Crippen LogP contribution in [-0.4, -0.2) is 0 Å². The molecular weight excluding hydrogens is 228 g/mol. The van der Waals surface area contributed by atoms with Gasteiger partial charge in [-0.05, 0) is 45.9 Å². The molecular formula is C19H18. The number of fused-ring (bicyclic) bond motifs is 3. The third kappa shape index (κ3) is 1.83. The Hall–Kier alpha value is -1.82. The van der Waals surface area contributed by atoms with Crippen LogP contribution in [0, 0.1) is 0 Å². The Labute approximate surface area is 114 Å². The second-order valence-electron chi connectivity index (χ2n) is 5.75. The maximum absolute atomic E-state index is 2.44. The zero-order valence-electron chi connectivity index (χ0n) is 11.1. The average Bonchev–Trinajstić information content (AvgIpc) is 3.01. The van der Waals surface area contributed by atoms with Crippen molar-refractivity contribution in [2.45, 2.75) is 31.6 Å². The van der Waals surface area contributed by atoms with Gasteiger partial charge in [0.1, 0.15) is 0 Å². The Morgan fingerprint density at radius 1 is 0.684 bits per heavy atom. The predicted octanol–water partition coefficient (Wildman–Crippen LogP) is 5.65. The molecule has 0 saturated heterocycles. The van der Waals surface area contributed by atoms with Crippen LogP contribution in [-0.2, 0) is 0 Å². The molecule has 4 rings (SSSR count). The molecule has 0 N–H and O–H groups in total. The summed E-state index contributed by atoms with van der Waals surface area (Å²) in [5.74, 6) is 0.795. The third-order valence-electron chi connectivity index (χ3n) is 4.60. The summed E-state index contributed by atoms with van der Waals surface area (Å²) in [5, 5.41) is 5.52. The van der Waals surface area contributed by atoms with E-state index in [1.54, 1.807) is 5.56 Å². The summed E-state index contributed by atoms with van der Waals surface area (Å²) < 4.78 is 0. The second-order valence-corrected chi connectivity index (χ2v) is 5.75. The quantitative estimate of drug-likeness (QED) is 0.487. The first-order valence-electron chi connectivity index (χ1n) is 7.33. The summed E-state index contributed by atoms with van der Waals surface area (Å²) >= 11 is 0. The van der Waals surface area contributed by atoms with Gasteiger partial charge in [0.25, 0.3) is 0 Å². The average molecular weight is 246 g/mol. The second kappa shape index (κ2) is 4.38. The van der Waals surface area contributed by atoms with Crippen LogP contribution >= 0.6 is 0 Å². The molecule has 0 aliphatic heterocycles. The molecule has 3 aromatic carbocycles. The van der Waals surface area contributed by atoms with E-state index >= 15 is 0 Å². The first kappa shape index (κ1) is 11.0. The van der Waals surface area contributed by atoms with E-state index in [1.165, 1.54) is 47.2 Å². The number of benzene rings is 3. The van der Waals surface area contributed by atoms with Crippen molar-refractivity contribution in [2.75, 3.05) is 0 Å². The van der Waals surface area contributed by atoms with Gasteiger partial charge in [0.05, 0.1) is 0 Å². The van der Waals surface area contributed by atoms with Crippen LogP contribution < -0.4 is 0 Å². The smallest absolute Gasteiger partial charge is 0.0103 e. The van der Waals surface area contributed by atoms with Gasteiger partial charge < -0.3 is 0 Å². The maximum Gasteiger partial charge on any atom is -0.0103 e. The zero-order chi connectivity index (χ0) is 12.7. The van der Waals surface area contributed by atoms with E-state index in [9.17, 15) is 0 Å². The lowest BCUT2D eigenvalue weighted by molar-refractivity contribution is 0.724. The van der Waals surface area contributed by atoms with Crippen LogP contribution in [0.3, 0.4) is 0 Å². The van der Waals surface area contributed by atoms with Crippen LogP contribution in [0.5, 0.6) is 0 Å². The summed E-state index contributed by atoms with van der Waals surface area (Å²) in [6.45, 7) is 0. The maximum atomic E-state index is 2.44. The first-order valence-corrected chi connectivity index (χ1v) is 7.33. The molecule has 0 aromatic heterocycles. The molecule has 94 valence electrons. The lowest BCUT2D eigenvalue weighted by Crippen LogP contribution is -1.91. The van der Waals surface area contributed by atoms with Crippen molar-refractivity contribution in [1.82, 2.24) is 0 Å². The molecule has 0 heteroatoms. The minimum absolute atomic E-state index is 0.795. The minimum atomic E-state index is 0.795. The van der Waals surface area contributed by atoms with Crippen molar-refractivity contribution in [2.24, 2.45) is 0 Å². The third-order valence-corrected chi connectivity index (χ3v) is 4.60. The van der Waals surface area contributed by atoms with Crippen molar-refractivity contribution in [3.63, 3.8) is 0 Å². The molecule has 19 heavy (non-hydrogen) atoms. The molecule has 3 aromatic rings. The Balaban J connectivity index is 1.97. The van der Waals surface area contributed by atoms with E-state index in [2.05, 4.69) is 54.6 Å². The normalized spacial score (nSPS) is 16.4. The van der Waals surface area contributed by atoms with Crippen molar-refractivity contribution >= 4 is 21.5 Å². The Morgan fingerprint density at radius 3 is 2.21 bits per heavy atom. The highest BCUT2D eigenvalue weighted by atomic mass is 14.2. The first-order chi connectivity index (χ1) is 9.42. The highest BCUT2D eigenvalue weighted by Gasteiger charge is 2.17. The van der Waals surface area contributed by atoms with Crippen LogP contribution in [0.25, 0.3) is 21.5 Å². The van der Waals surface area contributed by atoms with Gasteiger partial charge in [0.2, 0.25) is 0 Å². The lowest BCUT2D eigenvalue weighted by Gasteiger charge is -2.12. The molecule has 0 amide bonds. The van der Waals surface area contributed by atoms with E-state index in [1.807, 2.05) is 0 Å². The molecule has 0 radical (unpaired) electrons. The van der Waals surface area contributed by atoms with Gasteiger partial charge in [0, 0.05) is 0 Å². The Morgan fingerprint density at radius 2 is 1.37 bits per heavy atom. The van der Waals surface area contributed by atoms with Crippen LogP contribution in [0.15, 0.2) is 54.6 Å². The van der Waals surface area contributed by atoms with Crippen LogP contribution in [0.1, 0.15) is 37.2 Å². The predicted molar refractivity (Wildman–Crippen MR) is 82.7 cm³/mol. The van der Waals surface area contributed by atoms with E-state index in [4.69, 9.17) is 0 Å². The van der Waals surface area contributed by atoms with Crippen LogP contribution in [0.2, 0.25) is 0 Å². The number of hydrogen-bond donors (Lipinski definition) is 0. The van der Waals surface area contributed by atoms with Crippen molar-refractivity contribution in [1.29, 1.82) is 0 Å². The van der Waals surface area contributed by atoms with Gasteiger partial charge in [-0.15, -0.1) is 0 Å². The fraction of sp³-hybridized carbons (Fsp3) is 0.263. The molecule has 0 heterocycles. The SMILES string of the molecule is c1ccc2c(c1)ccc1ccc(C3CCCC3)cc12. The van der Waals surface area contributed by atoms with Gasteiger partial charge in [0.15, 0.2) is 0 Å². The van der Waals surface area contributed by atoms with Crippen LogP contribution in [0.4, 0.5) is 0 Å². The summed E-state index contributed by atoms with van der Waals surface area (Å²) in [6.07, 6.45) is 5.54. The molecule has 1 aliphatic rings. The Bertz CT molecular complexity index is 733. The minimum Gasteiger partial charge on any atom is -0.0616 e. The summed E-state index contributed by atoms with van der Waals surface area (Å²) in [5.41, 5.74) is 1.54. The molecule has 0 spiro atoms. The zero-order valence-corrected chi connectivity index (χ0v) is 11.1. The number of rotatable bonds is 1. The highest BCUT2D eigenvalue weighted by molar-refractivity contribution is 6.07. The fourth-order valence-electron chi connectivity index (χ4n) is 3.53. The molecule has 0 atom stereocenters. The molecule has 0 nitrogen and oxygen atoms in total. The van der Waals surface area contributed by atoms with E-state index < -0.39 is 0 Å². The van der Waals surface area contributed by atoms with Gasteiger partial charge >= 0.3 is 0 Å². The standard InChI is InChI=1S/C19H18/c1-2-6-14(5-1)17-12-11-16-10-9-15-7-3-4-8-18(15)19(16)13-17/h3-4,7-14H,1-2,5-6H2. The van der Waals surface area contributed by atoms with Gasteiger partial charge in [-0.25, -0.2) is 0 Å². The van der Waals surface area contributed by atoms with Crippen molar-refractivity contribution in [3.8, 4) is 0 Å². The summed E-state index contributed by atoms with van der Waals surface area (Å²) in [6, 6.07) is 20.3. The lowest BCUT2D eigenvalue weighted by atomic mass is 9.93. The van der Waals surface area contributed by atoms with E-state index in [0.717, 1.165) is 5.92 Å². The van der Waals surface area contributed by atoms with Gasteiger partial charge in [-0.3, -0.25) is 0 Å². The monoisotopic (exact) mass is 246 g/mol. The molecule has 1 aliphatic carbocycles. The summed E-state index contributed by atoms with van der Waals surface area (Å²) in [4.78, 5) is 0. The molecule has 0 bridgehead atoms. The molecule has 0 unspecified atom stereocenters. The topological polar surface area (TPSA) is 0 Å². The van der Waals surface area contributed by atoms with E-state index in [-0.39, 0.29) is 0 Å². The van der Waals surface area contributed by atoms with E-state index in [0.29, 0.717) is 0 Å². The fourth-order valence-corrected chi connectivity index (χ4v) is 3.53. The Kier molecular flexibility index (Phi) is 2.55. The summed E-state index contributed by atoms with van der Waals surface area (Å²) in [7, 11) is 0. The van der Waals surface area contributed by atoms with Gasteiger partial charge in [-0.2, -0.15) is 0 Å².